The number of benzene rings is 2. The molecule has 148 valence electrons. The third-order valence-electron chi connectivity index (χ3n) is 4.97. The molecule has 5 nitrogen and oxygen atoms in total. The minimum absolute atomic E-state index is 0.0831. The average Bonchev–Trinajstić information content (AvgIpc) is 2.70. The SMILES string of the molecule is CC(=NNC(=O)CN1CCN(Cc2ccc(C)cc2)CC1)c1ccc(Cl)cc1. The molecule has 0 atom stereocenters. The second-order valence-corrected chi connectivity index (χ2v) is 7.71. The fourth-order valence-corrected chi connectivity index (χ4v) is 3.32. The van der Waals surface area contributed by atoms with Crippen LogP contribution >= 0.6 is 11.6 Å². The minimum atomic E-state index is -0.0831. The van der Waals surface area contributed by atoms with Crippen molar-refractivity contribution in [2.75, 3.05) is 32.7 Å². The number of hydrazone groups is 1. The lowest BCUT2D eigenvalue weighted by Gasteiger charge is -2.34. The number of aryl methyl sites for hydroxylation is 1. The van der Waals surface area contributed by atoms with Crippen molar-refractivity contribution in [2.24, 2.45) is 5.10 Å². The van der Waals surface area contributed by atoms with Crippen molar-refractivity contribution in [2.45, 2.75) is 20.4 Å². The molecule has 1 saturated heterocycles. The number of rotatable bonds is 6. The number of hydrogen-bond acceptors (Lipinski definition) is 4. The Hall–Kier alpha value is -2.21. The van der Waals surface area contributed by atoms with Gasteiger partial charge < -0.3 is 0 Å². The molecule has 1 fully saturated rings. The number of carbonyl (C=O) groups excluding carboxylic acids is 1. The van der Waals surface area contributed by atoms with Gasteiger partial charge in [0.25, 0.3) is 5.91 Å². The number of nitrogens with zero attached hydrogens (tertiary/aromatic N) is 3. The van der Waals surface area contributed by atoms with Gasteiger partial charge >= 0.3 is 0 Å². The zero-order valence-corrected chi connectivity index (χ0v) is 17.2. The van der Waals surface area contributed by atoms with E-state index in [1.807, 2.05) is 31.2 Å². The summed E-state index contributed by atoms with van der Waals surface area (Å²) in [7, 11) is 0. The number of carbonyl (C=O) groups is 1. The highest BCUT2D eigenvalue weighted by molar-refractivity contribution is 6.30. The zero-order valence-electron chi connectivity index (χ0n) is 16.5. The molecule has 28 heavy (non-hydrogen) atoms. The standard InChI is InChI=1S/C22H27ClN4O/c1-17-3-5-19(6-4-17)15-26-11-13-27(14-12-26)16-22(28)25-24-18(2)20-7-9-21(23)10-8-20/h3-10H,11-16H2,1-2H3,(H,25,28). The summed E-state index contributed by atoms with van der Waals surface area (Å²) in [6.45, 7) is 9.02. The Labute approximate surface area is 172 Å². The van der Waals surface area contributed by atoms with Gasteiger partial charge in [0.05, 0.1) is 12.3 Å². The molecule has 0 spiro atoms. The van der Waals surface area contributed by atoms with Gasteiger partial charge in [0.1, 0.15) is 0 Å². The van der Waals surface area contributed by atoms with Crippen molar-refractivity contribution in [3.05, 3.63) is 70.2 Å². The molecule has 1 aliphatic heterocycles. The van der Waals surface area contributed by atoms with Crippen LogP contribution in [-0.4, -0.2) is 54.1 Å². The van der Waals surface area contributed by atoms with Crippen molar-refractivity contribution < 1.29 is 4.79 Å². The molecular weight excluding hydrogens is 372 g/mol. The maximum atomic E-state index is 12.2. The molecule has 6 heteroatoms. The molecule has 2 aromatic carbocycles. The van der Waals surface area contributed by atoms with Crippen molar-refractivity contribution in [3.63, 3.8) is 0 Å². The predicted octanol–water partition coefficient (Wildman–Crippen LogP) is 3.31. The van der Waals surface area contributed by atoms with Crippen LogP contribution in [0, 0.1) is 6.92 Å². The van der Waals surface area contributed by atoms with Gasteiger partial charge in [-0.2, -0.15) is 5.10 Å². The molecule has 0 saturated carbocycles. The van der Waals surface area contributed by atoms with Crippen LogP contribution in [0.5, 0.6) is 0 Å². The van der Waals surface area contributed by atoms with Crippen LogP contribution in [0.3, 0.4) is 0 Å². The molecule has 1 amide bonds. The zero-order chi connectivity index (χ0) is 19.9. The Bertz CT molecular complexity index is 809. The van der Waals surface area contributed by atoms with E-state index in [1.54, 1.807) is 0 Å². The third kappa shape index (κ3) is 6.16. The highest BCUT2D eigenvalue weighted by atomic mass is 35.5. The number of hydrogen-bond donors (Lipinski definition) is 1. The van der Waals surface area contributed by atoms with Crippen LogP contribution in [0.15, 0.2) is 53.6 Å². The quantitative estimate of drug-likeness (QED) is 0.600. The van der Waals surface area contributed by atoms with Gasteiger partial charge in [-0.15, -0.1) is 0 Å². The first-order valence-corrected chi connectivity index (χ1v) is 9.97. The molecule has 0 bridgehead atoms. The van der Waals surface area contributed by atoms with Crippen LogP contribution < -0.4 is 5.43 Å². The first-order valence-electron chi connectivity index (χ1n) is 9.59. The largest absolute Gasteiger partial charge is 0.297 e. The van der Waals surface area contributed by atoms with Crippen LogP contribution in [0.4, 0.5) is 0 Å². The molecule has 2 aromatic rings. The summed E-state index contributed by atoms with van der Waals surface area (Å²) in [5.41, 5.74) is 6.98. The lowest BCUT2D eigenvalue weighted by molar-refractivity contribution is -0.122. The first kappa shape index (κ1) is 20.5. The highest BCUT2D eigenvalue weighted by Crippen LogP contribution is 2.11. The Morgan fingerprint density at radius 1 is 1.00 bits per heavy atom. The number of nitrogens with one attached hydrogen (secondary N) is 1. The average molecular weight is 399 g/mol. The van der Waals surface area contributed by atoms with Crippen LogP contribution in [0.2, 0.25) is 5.02 Å². The van der Waals surface area contributed by atoms with Crippen LogP contribution in [0.25, 0.3) is 0 Å². The van der Waals surface area contributed by atoms with E-state index >= 15 is 0 Å². The molecule has 1 aliphatic rings. The van der Waals surface area contributed by atoms with E-state index < -0.39 is 0 Å². The first-order chi connectivity index (χ1) is 13.5. The molecule has 0 aromatic heterocycles. The van der Waals surface area contributed by atoms with E-state index in [0.29, 0.717) is 11.6 Å². The smallest absolute Gasteiger partial charge is 0.254 e. The van der Waals surface area contributed by atoms with Crippen molar-refractivity contribution in [1.29, 1.82) is 0 Å². The van der Waals surface area contributed by atoms with Crippen LogP contribution in [0.1, 0.15) is 23.6 Å². The maximum Gasteiger partial charge on any atom is 0.254 e. The summed E-state index contributed by atoms with van der Waals surface area (Å²) >= 11 is 5.90. The van der Waals surface area contributed by atoms with E-state index in [0.717, 1.165) is 44.0 Å². The summed E-state index contributed by atoms with van der Waals surface area (Å²) in [4.78, 5) is 16.8. The number of amides is 1. The molecule has 0 unspecified atom stereocenters. The molecule has 1 N–H and O–H groups in total. The Morgan fingerprint density at radius 3 is 2.25 bits per heavy atom. The Kier molecular flexibility index (Phi) is 7.20. The summed E-state index contributed by atoms with van der Waals surface area (Å²) in [6, 6.07) is 16.1. The second-order valence-electron chi connectivity index (χ2n) is 7.28. The van der Waals surface area contributed by atoms with E-state index in [-0.39, 0.29) is 5.91 Å². The van der Waals surface area contributed by atoms with E-state index in [9.17, 15) is 4.79 Å². The fraction of sp³-hybridized carbons (Fsp3) is 0.364. The van der Waals surface area contributed by atoms with Gasteiger partial charge in [-0.05, 0) is 37.1 Å². The Morgan fingerprint density at radius 2 is 1.61 bits per heavy atom. The summed E-state index contributed by atoms with van der Waals surface area (Å²) in [5, 5.41) is 4.89. The topological polar surface area (TPSA) is 47.9 Å². The summed E-state index contributed by atoms with van der Waals surface area (Å²) in [5.74, 6) is -0.0831. The molecular formula is C22H27ClN4O. The van der Waals surface area contributed by atoms with Gasteiger partial charge in [0.15, 0.2) is 0 Å². The summed E-state index contributed by atoms with van der Waals surface area (Å²) < 4.78 is 0. The van der Waals surface area contributed by atoms with Crippen LogP contribution in [-0.2, 0) is 11.3 Å². The molecule has 0 aliphatic carbocycles. The highest BCUT2D eigenvalue weighted by Gasteiger charge is 2.19. The molecule has 3 rings (SSSR count). The van der Waals surface area contributed by atoms with Crippen molar-refractivity contribution in [3.8, 4) is 0 Å². The van der Waals surface area contributed by atoms with Gasteiger partial charge in [-0.1, -0.05) is 53.6 Å². The van der Waals surface area contributed by atoms with Gasteiger partial charge in [-0.3, -0.25) is 14.6 Å². The fourth-order valence-electron chi connectivity index (χ4n) is 3.20. The predicted molar refractivity (Wildman–Crippen MR) is 115 cm³/mol. The Balaban J connectivity index is 1.41. The lowest BCUT2D eigenvalue weighted by Crippen LogP contribution is -2.48. The summed E-state index contributed by atoms with van der Waals surface area (Å²) in [6.07, 6.45) is 0. The van der Waals surface area contributed by atoms with E-state index in [1.165, 1.54) is 11.1 Å². The number of halogens is 1. The molecule has 1 heterocycles. The van der Waals surface area contributed by atoms with Gasteiger partial charge in [-0.25, -0.2) is 5.43 Å². The number of piperazine rings is 1. The second kappa shape index (κ2) is 9.82. The van der Waals surface area contributed by atoms with E-state index in [4.69, 9.17) is 11.6 Å². The normalized spacial score (nSPS) is 16.2. The monoisotopic (exact) mass is 398 g/mol. The maximum absolute atomic E-state index is 12.2. The lowest BCUT2D eigenvalue weighted by atomic mass is 10.1. The van der Waals surface area contributed by atoms with Gasteiger partial charge in [0.2, 0.25) is 0 Å². The van der Waals surface area contributed by atoms with Crippen molar-refractivity contribution >= 4 is 23.2 Å². The van der Waals surface area contributed by atoms with E-state index in [2.05, 4.69) is 51.5 Å². The third-order valence-corrected chi connectivity index (χ3v) is 5.22. The van der Waals surface area contributed by atoms with Crippen molar-refractivity contribution in [1.82, 2.24) is 15.2 Å². The molecule has 0 radical (unpaired) electrons. The van der Waals surface area contributed by atoms with Gasteiger partial charge in [0, 0.05) is 37.7 Å². The minimum Gasteiger partial charge on any atom is -0.297 e.